The number of carbonyl (C=O) groups is 1. The van der Waals surface area contributed by atoms with Crippen molar-refractivity contribution >= 4 is 5.91 Å². The molecule has 1 fully saturated rings. The van der Waals surface area contributed by atoms with Gasteiger partial charge in [0.2, 0.25) is 0 Å². The first-order chi connectivity index (χ1) is 12.1. The summed E-state index contributed by atoms with van der Waals surface area (Å²) in [6.45, 7) is 6.39. The number of nitrogens with one attached hydrogen (secondary N) is 1. The molecule has 5 heteroatoms. The Bertz CT molecular complexity index is 661. The molecule has 1 aromatic heterocycles. The van der Waals surface area contributed by atoms with Crippen molar-refractivity contribution in [2.24, 2.45) is 0 Å². The third kappa shape index (κ3) is 4.63. The van der Waals surface area contributed by atoms with Gasteiger partial charge in [0.15, 0.2) is 6.10 Å². The number of nitrogens with zero attached hydrogens (tertiary/aromatic N) is 1. The Hall–Kier alpha value is -2.27. The molecule has 134 valence electrons. The van der Waals surface area contributed by atoms with Crippen LogP contribution in [-0.2, 0) is 4.79 Å². The van der Waals surface area contributed by atoms with E-state index in [1.807, 2.05) is 43.3 Å². The molecule has 1 N–H and O–H groups in total. The highest BCUT2D eigenvalue weighted by Crippen LogP contribution is 2.25. The van der Waals surface area contributed by atoms with Crippen LogP contribution in [0.4, 0.5) is 0 Å². The molecule has 1 aliphatic heterocycles. The molecule has 0 saturated carbocycles. The van der Waals surface area contributed by atoms with Crippen molar-refractivity contribution in [3.05, 3.63) is 54.0 Å². The minimum absolute atomic E-state index is 0.0769. The highest BCUT2D eigenvalue weighted by molar-refractivity contribution is 5.80. The van der Waals surface area contributed by atoms with Crippen LogP contribution in [0.25, 0.3) is 0 Å². The Kier molecular flexibility index (Phi) is 5.76. The first-order valence-corrected chi connectivity index (χ1v) is 8.92. The lowest BCUT2D eigenvalue weighted by Crippen LogP contribution is -2.41. The minimum Gasteiger partial charge on any atom is -0.481 e. The largest absolute Gasteiger partial charge is 0.481 e. The maximum atomic E-state index is 12.4. The Morgan fingerprint density at radius 2 is 1.96 bits per heavy atom. The lowest BCUT2D eigenvalue weighted by molar-refractivity contribution is -0.127. The molecule has 0 spiro atoms. The molecule has 2 unspecified atom stereocenters. The SMILES string of the molecule is Cc1ccc(OC(C)C(=O)NCC(c2ccco2)N2CCCC2)cc1. The van der Waals surface area contributed by atoms with Gasteiger partial charge in [0.05, 0.1) is 12.3 Å². The summed E-state index contributed by atoms with van der Waals surface area (Å²) in [6, 6.07) is 11.7. The van der Waals surface area contributed by atoms with Crippen LogP contribution in [0.2, 0.25) is 0 Å². The van der Waals surface area contributed by atoms with E-state index in [0.717, 1.165) is 24.4 Å². The van der Waals surface area contributed by atoms with Crippen molar-refractivity contribution in [3.63, 3.8) is 0 Å². The first kappa shape index (κ1) is 17.5. The fraction of sp³-hybridized carbons (Fsp3) is 0.450. The Balaban J connectivity index is 1.56. The number of aryl methyl sites for hydroxylation is 1. The number of carbonyl (C=O) groups excluding carboxylic acids is 1. The molecule has 1 amide bonds. The zero-order chi connectivity index (χ0) is 17.6. The molecule has 1 aromatic carbocycles. The molecule has 0 radical (unpaired) electrons. The van der Waals surface area contributed by atoms with Crippen molar-refractivity contribution < 1.29 is 13.9 Å². The van der Waals surface area contributed by atoms with E-state index in [9.17, 15) is 4.79 Å². The van der Waals surface area contributed by atoms with Gasteiger partial charge in [-0.05, 0) is 64.0 Å². The summed E-state index contributed by atoms with van der Waals surface area (Å²) < 4.78 is 11.3. The predicted molar refractivity (Wildman–Crippen MR) is 96.5 cm³/mol. The summed E-state index contributed by atoms with van der Waals surface area (Å²) in [5, 5.41) is 3.01. The van der Waals surface area contributed by atoms with Gasteiger partial charge in [0.25, 0.3) is 5.91 Å². The van der Waals surface area contributed by atoms with Crippen LogP contribution in [0.15, 0.2) is 47.1 Å². The highest BCUT2D eigenvalue weighted by Gasteiger charge is 2.26. The molecule has 5 nitrogen and oxygen atoms in total. The molecular formula is C20H26N2O3. The van der Waals surface area contributed by atoms with Crippen molar-refractivity contribution in [3.8, 4) is 5.75 Å². The van der Waals surface area contributed by atoms with Crippen molar-refractivity contribution in [2.45, 2.75) is 38.8 Å². The van der Waals surface area contributed by atoms with Crippen molar-refractivity contribution in [1.82, 2.24) is 10.2 Å². The Labute approximate surface area is 149 Å². The molecular weight excluding hydrogens is 316 g/mol. The summed E-state index contributed by atoms with van der Waals surface area (Å²) in [6.07, 6.45) is 3.53. The number of ether oxygens (including phenoxy) is 1. The number of hydrogen-bond donors (Lipinski definition) is 1. The molecule has 1 aliphatic rings. The smallest absolute Gasteiger partial charge is 0.260 e. The van der Waals surface area contributed by atoms with Crippen molar-refractivity contribution in [1.29, 1.82) is 0 Å². The van der Waals surface area contributed by atoms with E-state index < -0.39 is 6.10 Å². The predicted octanol–water partition coefficient (Wildman–Crippen LogP) is 3.31. The van der Waals surface area contributed by atoms with E-state index in [4.69, 9.17) is 9.15 Å². The summed E-state index contributed by atoms with van der Waals surface area (Å²) >= 11 is 0. The van der Waals surface area contributed by atoms with E-state index in [2.05, 4.69) is 10.2 Å². The summed E-state index contributed by atoms with van der Waals surface area (Å²) in [5.41, 5.74) is 1.16. The fourth-order valence-corrected chi connectivity index (χ4v) is 3.16. The van der Waals surface area contributed by atoms with Crippen LogP contribution >= 0.6 is 0 Å². The van der Waals surface area contributed by atoms with Gasteiger partial charge >= 0.3 is 0 Å². The average molecular weight is 342 g/mol. The maximum absolute atomic E-state index is 12.4. The molecule has 3 rings (SSSR count). The molecule has 0 aliphatic carbocycles. The van der Waals surface area contributed by atoms with Gasteiger partial charge in [-0.15, -0.1) is 0 Å². The molecule has 0 bridgehead atoms. The molecule has 2 aromatic rings. The van der Waals surface area contributed by atoms with Gasteiger partial charge in [0.1, 0.15) is 11.5 Å². The molecule has 2 atom stereocenters. The normalized spacial score (nSPS) is 17.2. The number of benzene rings is 1. The monoisotopic (exact) mass is 342 g/mol. The van der Waals surface area contributed by atoms with E-state index in [-0.39, 0.29) is 11.9 Å². The van der Waals surface area contributed by atoms with Gasteiger partial charge in [-0.3, -0.25) is 9.69 Å². The van der Waals surface area contributed by atoms with E-state index in [1.165, 1.54) is 12.8 Å². The zero-order valence-corrected chi connectivity index (χ0v) is 14.9. The number of hydrogen-bond acceptors (Lipinski definition) is 4. The number of rotatable bonds is 7. The van der Waals surface area contributed by atoms with Crippen molar-refractivity contribution in [2.75, 3.05) is 19.6 Å². The van der Waals surface area contributed by atoms with Gasteiger partial charge < -0.3 is 14.5 Å². The van der Waals surface area contributed by atoms with Gasteiger partial charge in [-0.25, -0.2) is 0 Å². The maximum Gasteiger partial charge on any atom is 0.260 e. The number of likely N-dealkylation sites (tertiary alicyclic amines) is 1. The van der Waals surface area contributed by atoms with E-state index in [0.29, 0.717) is 12.3 Å². The second-order valence-electron chi connectivity index (χ2n) is 6.59. The minimum atomic E-state index is -0.543. The van der Waals surface area contributed by atoms with Gasteiger partial charge in [-0.2, -0.15) is 0 Å². The third-order valence-electron chi connectivity index (χ3n) is 4.63. The van der Waals surface area contributed by atoms with Crippen LogP contribution in [0.3, 0.4) is 0 Å². The lowest BCUT2D eigenvalue weighted by atomic mass is 10.2. The fourth-order valence-electron chi connectivity index (χ4n) is 3.16. The zero-order valence-electron chi connectivity index (χ0n) is 14.9. The molecule has 1 saturated heterocycles. The summed E-state index contributed by atoms with van der Waals surface area (Å²) in [5.74, 6) is 1.49. The number of amides is 1. The van der Waals surface area contributed by atoms with Crippen LogP contribution in [-0.4, -0.2) is 36.5 Å². The van der Waals surface area contributed by atoms with E-state index >= 15 is 0 Å². The van der Waals surface area contributed by atoms with Gasteiger partial charge in [-0.1, -0.05) is 17.7 Å². The van der Waals surface area contributed by atoms with Crippen LogP contribution in [0.1, 0.15) is 37.1 Å². The second-order valence-corrected chi connectivity index (χ2v) is 6.59. The van der Waals surface area contributed by atoms with Gasteiger partial charge in [0, 0.05) is 6.54 Å². The Morgan fingerprint density at radius 3 is 2.60 bits per heavy atom. The second kappa shape index (κ2) is 8.21. The summed E-state index contributed by atoms with van der Waals surface area (Å²) in [4.78, 5) is 14.8. The van der Waals surface area contributed by atoms with Crippen LogP contribution < -0.4 is 10.1 Å². The molecule has 2 heterocycles. The highest BCUT2D eigenvalue weighted by atomic mass is 16.5. The quantitative estimate of drug-likeness (QED) is 0.839. The van der Waals surface area contributed by atoms with Crippen LogP contribution in [0.5, 0.6) is 5.75 Å². The average Bonchev–Trinajstić information content (AvgIpc) is 3.31. The number of furan rings is 1. The first-order valence-electron chi connectivity index (χ1n) is 8.92. The standard InChI is InChI=1S/C20H26N2O3/c1-15-7-9-17(10-8-15)25-16(2)20(23)21-14-18(19-6-5-13-24-19)22-11-3-4-12-22/h5-10,13,16,18H,3-4,11-12,14H2,1-2H3,(H,21,23). The van der Waals surface area contributed by atoms with Crippen LogP contribution in [0, 0.1) is 6.92 Å². The lowest BCUT2D eigenvalue weighted by Gasteiger charge is -2.26. The topological polar surface area (TPSA) is 54.7 Å². The Morgan fingerprint density at radius 1 is 1.24 bits per heavy atom. The third-order valence-corrected chi connectivity index (χ3v) is 4.63. The summed E-state index contributed by atoms with van der Waals surface area (Å²) in [7, 11) is 0. The van der Waals surface area contributed by atoms with E-state index in [1.54, 1.807) is 13.2 Å². The molecule has 25 heavy (non-hydrogen) atoms.